The number of aliphatic hydroxyl groups is 1. The zero-order chi connectivity index (χ0) is 16.0. The van der Waals surface area contributed by atoms with Crippen LogP contribution in [0.3, 0.4) is 0 Å². The van der Waals surface area contributed by atoms with Gasteiger partial charge in [-0.2, -0.15) is 0 Å². The zero-order valence-corrected chi connectivity index (χ0v) is 13.7. The second kappa shape index (κ2) is 8.03. The molecule has 1 atom stereocenters. The van der Waals surface area contributed by atoms with E-state index in [9.17, 15) is 9.90 Å². The summed E-state index contributed by atoms with van der Waals surface area (Å²) < 4.78 is 0. The van der Waals surface area contributed by atoms with E-state index in [1.54, 1.807) is 0 Å². The fourth-order valence-electron chi connectivity index (χ4n) is 2.43. The van der Waals surface area contributed by atoms with Crippen LogP contribution in [0.2, 0.25) is 0 Å². The van der Waals surface area contributed by atoms with Crippen LogP contribution < -0.4 is 10.6 Å². The number of urea groups is 1. The quantitative estimate of drug-likeness (QED) is 0.749. The van der Waals surface area contributed by atoms with Crippen molar-refractivity contribution in [1.82, 2.24) is 5.32 Å². The van der Waals surface area contributed by atoms with E-state index in [4.69, 9.17) is 0 Å². The van der Waals surface area contributed by atoms with Gasteiger partial charge in [0.2, 0.25) is 0 Å². The molecule has 0 heterocycles. The van der Waals surface area contributed by atoms with Crippen LogP contribution in [0.15, 0.2) is 18.2 Å². The van der Waals surface area contributed by atoms with Crippen molar-refractivity contribution in [2.24, 2.45) is 5.92 Å². The number of benzene rings is 1. The van der Waals surface area contributed by atoms with Gasteiger partial charge in [-0.3, -0.25) is 0 Å². The van der Waals surface area contributed by atoms with E-state index >= 15 is 0 Å². The fraction of sp³-hybridized carbons (Fsp3) is 0.588. The summed E-state index contributed by atoms with van der Waals surface area (Å²) in [6, 6.07) is 5.55. The summed E-state index contributed by atoms with van der Waals surface area (Å²) in [7, 11) is 0. The summed E-state index contributed by atoms with van der Waals surface area (Å²) >= 11 is 0. The Hall–Kier alpha value is -1.55. The van der Waals surface area contributed by atoms with Crippen LogP contribution in [0.5, 0.6) is 0 Å². The van der Waals surface area contributed by atoms with E-state index in [-0.39, 0.29) is 18.7 Å². The molecular formula is C17H28N2O2. The first-order valence-corrected chi connectivity index (χ1v) is 7.63. The van der Waals surface area contributed by atoms with Crippen LogP contribution in [0, 0.1) is 12.8 Å². The minimum atomic E-state index is -0.258. The van der Waals surface area contributed by atoms with Crippen LogP contribution in [-0.4, -0.2) is 23.8 Å². The maximum atomic E-state index is 12.2. The van der Waals surface area contributed by atoms with E-state index in [2.05, 4.69) is 38.3 Å². The van der Waals surface area contributed by atoms with Gasteiger partial charge >= 0.3 is 6.03 Å². The molecule has 1 aromatic rings. The van der Waals surface area contributed by atoms with Crippen molar-refractivity contribution in [3.63, 3.8) is 0 Å². The molecule has 1 rings (SSSR count). The van der Waals surface area contributed by atoms with Gasteiger partial charge in [0.15, 0.2) is 0 Å². The van der Waals surface area contributed by atoms with Gasteiger partial charge in [-0.1, -0.05) is 45.9 Å². The Morgan fingerprint density at radius 3 is 2.43 bits per heavy atom. The van der Waals surface area contributed by atoms with Gasteiger partial charge in [-0.25, -0.2) is 4.79 Å². The lowest BCUT2D eigenvalue weighted by Gasteiger charge is -2.21. The predicted molar refractivity (Wildman–Crippen MR) is 87.8 cm³/mol. The number of nitrogens with one attached hydrogen (secondary N) is 2. The van der Waals surface area contributed by atoms with Crippen LogP contribution in [0.4, 0.5) is 10.5 Å². The number of hydrogen-bond acceptors (Lipinski definition) is 2. The number of anilines is 1. The molecule has 3 N–H and O–H groups in total. The summed E-state index contributed by atoms with van der Waals surface area (Å²) in [6.45, 7) is 10.3. The highest BCUT2D eigenvalue weighted by atomic mass is 16.3. The monoisotopic (exact) mass is 292 g/mol. The summed E-state index contributed by atoms with van der Waals surface area (Å²) in [6.07, 6.45) is 0.759. The molecule has 0 aliphatic rings. The number of carbonyl (C=O) groups is 1. The van der Waals surface area contributed by atoms with Crippen LogP contribution in [-0.2, 0) is 0 Å². The molecule has 0 saturated carbocycles. The van der Waals surface area contributed by atoms with Gasteiger partial charge in [0.1, 0.15) is 0 Å². The maximum Gasteiger partial charge on any atom is 0.319 e. The molecule has 1 aromatic carbocycles. The van der Waals surface area contributed by atoms with Gasteiger partial charge in [0, 0.05) is 5.69 Å². The molecule has 0 aliphatic carbocycles. The first-order valence-electron chi connectivity index (χ1n) is 7.63. The van der Waals surface area contributed by atoms with Crippen molar-refractivity contribution >= 4 is 11.7 Å². The summed E-state index contributed by atoms with van der Waals surface area (Å²) in [5.41, 5.74) is 3.03. The summed E-state index contributed by atoms with van der Waals surface area (Å²) in [5, 5.41) is 15.1. The molecule has 0 bridgehead atoms. The topological polar surface area (TPSA) is 61.4 Å². The van der Waals surface area contributed by atoms with E-state index in [0.29, 0.717) is 11.8 Å². The molecule has 118 valence electrons. The predicted octanol–water partition coefficient (Wildman–Crippen LogP) is 3.65. The zero-order valence-electron chi connectivity index (χ0n) is 13.7. The Bertz CT molecular complexity index is 470. The first-order chi connectivity index (χ1) is 9.85. The molecule has 4 heteroatoms. The first kappa shape index (κ1) is 17.5. The lowest BCUT2D eigenvalue weighted by Crippen LogP contribution is -2.41. The number of aryl methyl sites for hydroxylation is 1. The van der Waals surface area contributed by atoms with Crippen LogP contribution in [0.25, 0.3) is 0 Å². The Kier molecular flexibility index (Phi) is 6.69. The molecule has 0 fully saturated rings. The third-order valence-corrected chi connectivity index (χ3v) is 3.48. The van der Waals surface area contributed by atoms with Crippen LogP contribution in [0.1, 0.15) is 51.2 Å². The number of para-hydroxylation sites is 1. The Morgan fingerprint density at radius 2 is 1.90 bits per heavy atom. The highest BCUT2D eigenvalue weighted by Gasteiger charge is 2.15. The molecule has 0 aromatic heterocycles. The molecule has 0 saturated heterocycles. The van der Waals surface area contributed by atoms with Crippen LogP contribution >= 0.6 is 0 Å². The lowest BCUT2D eigenvalue weighted by atomic mass is 9.98. The normalized spacial score (nSPS) is 12.6. The SMILES string of the molecule is Cc1cccc(C(C)C)c1NC(=O)NC(CO)CC(C)C. The second-order valence-electron chi connectivity index (χ2n) is 6.30. The van der Waals surface area contributed by atoms with Gasteiger partial charge < -0.3 is 15.7 Å². The second-order valence-corrected chi connectivity index (χ2v) is 6.30. The molecular weight excluding hydrogens is 264 g/mol. The number of aliphatic hydroxyl groups excluding tert-OH is 1. The number of hydrogen-bond donors (Lipinski definition) is 3. The van der Waals surface area contributed by atoms with Crippen molar-refractivity contribution < 1.29 is 9.90 Å². The minimum Gasteiger partial charge on any atom is -0.394 e. The van der Waals surface area contributed by atoms with Crippen molar-refractivity contribution in [3.05, 3.63) is 29.3 Å². The Labute approximate surface area is 128 Å². The molecule has 0 radical (unpaired) electrons. The number of carbonyl (C=O) groups excluding carboxylic acids is 1. The number of rotatable bonds is 6. The van der Waals surface area contributed by atoms with E-state index in [1.165, 1.54) is 0 Å². The average Bonchev–Trinajstić information content (AvgIpc) is 2.39. The van der Waals surface area contributed by atoms with Crippen molar-refractivity contribution in [1.29, 1.82) is 0 Å². The largest absolute Gasteiger partial charge is 0.394 e. The van der Waals surface area contributed by atoms with Gasteiger partial charge in [0.05, 0.1) is 12.6 Å². The van der Waals surface area contributed by atoms with E-state index in [1.807, 2.05) is 25.1 Å². The third-order valence-electron chi connectivity index (χ3n) is 3.48. The lowest BCUT2D eigenvalue weighted by molar-refractivity contribution is 0.214. The van der Waals surface area contributed by atoms with Crippen molar-refractivity contribution in [3.8, 4) is 0 Å². The van der Waals surface area contributed by atoms with E-state index < -0.39 is 0 Å². The fourth-order valence-corrected chi connectivity index (χ4v) is 2.43. The molecule has 2 amide bonds. The van der Waals surface area contributed by atoms with Gasteiger partial charge in [-0.15, -0.1) is 0 Å². The number of amides is 2. The Morgan fingerprint density at radius 1 is 1.24 bits per heavy atom. The summed E-state index contributed by atoms with van der Waals surface area (Å²) in [5.74, 6) is 0.761. The third kappa shape index (κ3) is 5.38. The van der Waals surface area contributed by atoms with Crippen molar-refractivity contribution in [2.45, 2.75) is 53.0 Å². The summed E-state index contributed by atoms with van der Waals surface area (Å²) in [4.78, 5) is 12.2. The molecule has 21 heavy (non-hydrogen) atoms. The highest BCUT2D eigenvalue weighted by molar-refractivity contribution is 5.91. The van der Waals surface area contributed by atoms with Crippen molar-refractivity contribution in [2.75, 3.05) is 11.9 Å². The molecule has 0 spiro atoms. The van der Waals surface area contributed by atoms with Gasteiger partial charge in [0.25, 0.3) is 0 Å². The molecule has 0 aliphatic heterocycles. The maximum absolute atomic E-state index is 12.2. The standard InChI is InChI=1S/C17H28N2O2/c1-11(2)9-14(10-20)18-17(21)19-16-13(5)7-6-8-15(16)12(3)4/h6-8,11-12,14,20H,9-10H2,1-5H3,(H2,18,19,21). The van der Waals surface area contributed by atoms with E-state index in [0.717, 1.165) is 23.2 Å². The Balaban J connectivity index is 2.79. The van der Waals surface area contributed by atoms with Gasteiger partial charge in [-0.05, 0) is 36.3 Å². The average molecular weight is 292 g/mol. The molecule has 4 nitrogen and oxygen atoms in total. The molecule has 1 unspecified atom stereocenters. The minimum absolute atomic E-state index is 0.0452. The smallest absolute Gasteiger partial charge is 0.319 e. The highest BCUT2D eigenvalue weighted by Crippen LogP contribution is 2.27.